The Morgan fingerprint density at radius 2 is 2.00 bits per heavy atom. The number of anilines is 2. The molecule has 0 bridgehead atoms. The number of likely N-dealkylation sites (N-methyl/N-ethyl adjacent to an activating group) is 1. The number of carbonyl (C=O) groups excluding carboxylic acids is 1. The molecule has 0 saturated carbocycles. The first-order chi connectivity index (χ1) is 14.0. The monoisotopic (exact) mass is 416 g/mol. The van der Waals surface area contributed by atoms with E-state index >= 15 is 0 Å². The predicted molar refractivity (Wildman–Crippen MR) is 119 cm³/mol. The number of nitrogens with one attached hydrogen (secondary N) is 2. The van der Waals surface area contributed by atoms with Crippen molar-refractivity contribution in [3.8, 4) is 5.75 Å². The van der Waals surface area contributed by atoms with Crippen LogP contribution in [-0.4, -0.2) is 45.2 Å². The highest BCUT2D eigenvalue weighted by Gasteiger charge is 2.21. The van der Waals surface area contributed by atoms with Crippen LogP contribution < -0.4 is 19.9 Å². The van der Waals surface area contributed by atoms with Gasteiger partial charge in [-0.3, -0.25) is 4.79 Å². The largest absolute Gasteiger partial charge is 0.494 e. The van der Waals surface area contributed by atoms with Crippen LogP contribution in [0.5, 0.6) is 5.75 Å². The lowest BCUT2D eigenvalue weighted by Crippen LogP contribution is -3.14. The van der Waals surface area contributed by atoms with Crippen molar-refractivity contribution in [1.29, 1.82) is 0 Å². The number of halogens is 1. The van der Waals surface area contributed by atoms with E-state index in [4.69, 9.17) is 16.3 Å². The van der Waals surface area contributed by atoms with Crippen molar-refractivity contribution in [2.75, 3.05) is 49.5 Å². The molecule has 2 aromatic rings. The van der Waals surface area contributed by atoms with E-state index < -0.39 is 0 Å². The van der Waals surface area contributed by atoms with Crippen LogP contribution in [0, 0.1) is 6.92 Å². The number of benzene rings is 2. The SMILES string of the molecule is CC[NH+]1CCN(c2ccc(Cl)cc2NC(=O)CCCOc2cccc(C)c2)CC1. The number of ether oxygens (including phenoxy) is 1. The molecule has 1 aliphatic heterocycles. The molecule has 1 amide bonds. The highest BCUT2D eigenvalue weighted by molar-refractivity contribution is 6.31. The highest BCUT2D eigenvalue weighted by atomic mass is 35.5. The third-order valence-corrected chi connectivity index (χ3v) is 5.59. The van der Waals surface area contributed by atoms with E-state index in [2.05, 4.69) is 17.1 Å². The lowest BCUT2D eigenvalue weighted by atomic mass is 10.2. The molecular formula is C23H31ClN3O2+. The van der Waals surface area contributed by atoms with E-state index in [0.29, 0.717) is 24.5 Å². The fourth-order valence-electron chi connectivity index (χ4n) is 3.64. The zero-order chi connectivity index (χ0) is 20.6. The molecule has 0 spiro atoms. The second kappa shape index (κ2) is 10.5. The van der Waals surface area contributed by atoms with E-state index in [1.165, 1.54) is 0 Å². The molecule has 1 fully saturated rings. The topological polar surface area (TPSA) is 46.0 Å². The van der Waals surface area contributed by atoms with Crippen molar-refractivity contribution >= 4 is 28.9 Å². The number of hydrogen-bond donors (Lipinski definition) is 2. The van der Waals surface area contributed by atoms with Gasteiger partial charge in [0.25, 0.3) is 0 Å². The first-order valence-corrected chi connectivity index (χ1v) is 10.8. The Hall–Kier alpha value is -2.24. The number of piperazine rings is 1. The van der Waals surface area contributed by atoms with Gasteiger partial charge in [0.05, 0.1) is 50.7 Å². The molecule has 0 aromatic heterocycles. The molecule has 6 heteroatoms. The summed E-state index contributed by atoms with van der Waals surface area (Å²) in [6.07, 6.45) is 1.07. The number of carbonyl (C=O) groups is 1. The maximum absolute atomic E-state index is 12.5. The van der Waals surface area contributed by atoms with Gasteiger partial charge in [0.2, 0.25) is 5.91 Å². The van der Waals surface area contributed by atoms with Gasteiger partial charge in [-0.25, -0.2) is 0 Å². The van der Waals surface area contributed by atoms with E-state index in [-0.39, 0.29) is 5.91 Å². The average Bonchev–Trinajstić information content (AvgIpc) is 2.72. The number of hydrogen-bond acceptors (Lipinski definition) is 3. The van der Waals surface area contributed by atoms with Gasteiger partial charge in [-0.05, 0) is 56.2 Å². The molecule has 156 valence electrons. The Labute approximate surface area is 178 Å². The highest BCUT2D eigenvalue weighted by Crippen LogP contribution is 2.29. The minimum absolute atomic E-state index is 0.0146. The molecule has 5 nitrogen and oxygen atoms in total. The Balaban J connectivity index is 1.52. The third kappa shape index (κ3) is 6.38. The van der Waals surface area contributed by atoms with Crippen molar-refractivity contribution in [3.05, 3.63) is 53.1 Å². The van der Waals surface area contributed by atoms with Gasteiger partial charge in [0.15, 0.2) is 0 Å². The van der Waals surface area contributed by atoms with Crippen LogP contribution >= 0.6 is 11.6 Å². The Morgan fingerprint density at radius 1 is 1.21 bits per heavy atom. The minimum Gasteiger partial charge on any atom is -0.494 e. The molecular weight excluding hydrogens is 386 g/mol. The van der Waals surface area contributed by atoms with E-state index in [0.717, 1.165) is 55.4 Å². The van der Waals surface area contributed by atoms with Crippen molar-refractivity contribution < 1.29 is 14.4 Å². The van der Waals surface area contributed by atoms with E-state index in [1.54, 1.807) is 4.90 Å². The van der Waals surface area contributed by atoms with Crippen molar-refractivity contribution in [3.63, 3.8) is 0 Å². The smallest absolute Gasteiger partial charge is 0.224 e. The number of aryl methyl sites for hydroxylation is 1. The summed E-state index contributed by atoms with van der Waals surface area (Å²) in [5.41, 5.74) is 3.01. The maximum atomic E-state index is 12.5. The molecule has 1 saturated heterocycles. The Bertz CT molecular complexity index is 820. The number of nitrogens with zero attached hydrogens (tertiary/aromatic N) is 1. The fourth-order valence-corrected chi connectivity index (χ4v) is 3.81. The first kappa shape index (κ1) is 21.5. The Morgan fingerprint density at radius 3 is 2.72 bits per heavy atom. The average molecular weight is 417 g/mol. The summed E-state index contributed by atoms with van der Waals surface area (Å²) >= 11 is 6.20. The predicted octanol–water partition coefficient (Wildman–Crippen LogP) is 3.17. The number of amides is 1. The van der Waals surface area contributed by atoms with Crippen molar-refractivity contribution in [1.82, 2.24) is 0 Å². The quantitative estimate of drug-likeness (QED) is 0.650. The van der Waals surface area contributed by atoms with Gasteiger partial charge in [-0.15, -0.1) is 0 Å². The zero-order valence-corrected chi connectivity index (χ0v) is 18.1. The summed E-state index contributed by atoms with van der Waals surface area (Å²) < 4.78 is 5.73. The molecule has 2 N–H and O–H groups in total. The lowest BCUT2D eigenvalue weighted by Gasteiger charge is -2.34. The van der Waals surface area contributed by atoms with Crippen molar-refractivity contribution in [2.24, 2.45) is 0 Å². The molecule has 1 heterocycles. The normalized spacial score (nSPS) is 14.7. The first-order valence-electron chi connectivity index (χ1n) is 10.4. The van der Waals surface area contributed by atoms with Gasteiger partial charge in [0, 0.05) is 11.4 Å². The fraction of sp³-hybridized carbons (Fsp3) is 0.435. The minimum atomic E-state index is -0.0146. The number of rotatable bonds is 8. The van der Waals surface area contributed by atoms with Gasteiger partial charge < -0.3 is 19.9 Å². The summed E-state index contributed by atoms with van der Waals surface area (Å²) in [5.74, 6) is 0.829. The molecule has 1 aliphatic rings. The summed E-state index contributed by atoms with van der Waals surface area (Å²) in [6.45, 7) is 10.1. The molecule has 29 heavy (non-hydrogen) atoms. The van der Waals surface area contributed by atoms with Crippen LogP contribution in [0.2, 0.25) is 5.02 Å². The number of quaternary nitrogens is 1. The summed E-state index contributed by atoms with van der Waals surface area (Å²) in [6, 6.07) is 13.7. The molecule has 0 aliphatic carbocycles. The molecule has 2 aromatic carbocycles. The van der Waals surface area contributed by atoms with Crippen LogP contribution in [0.3, 0.4) is 0 Å². The lowest BCUT2D eigenvalue weighted by molar-refractivity contribution is -0.898. The van der Waals surface area contributed by atoms with Gasteiger partial charge in [-0.2, -0.15) is 0 Å². The maximum Gasteiger partial charge on any atom is 0.224 e. The molecule has 3 rings (SSSR count). The summed E-state index contributed by atoms with van der Waals surface area (Å²) in [7, 11) is 0. The van der Waals surface area contributed by atoms with Gasteiger partial charge in [0.1, 0.15) is 5.75 Å². The molecule has 0 unspecified atom stereocenters. The molecule has 0 radical (unpaired) electrons. The standard InChI is InChI=1S/C23H30ClN3O2/c1-3-26-11-13-27(14-12-26)22-10-9-19(24)17-21(22)25-23(28)8-5-15-29-20-7-4-6-18(2)16-20/h4,6-7,9-10,16-17H,3,5,8,11-15H2,1-2H3,(H,25,28)/p+1. The van der Waals surface area contributed by atoms with Crippen LogP contribution in [0.25, 0.3) is 0 Å². The van der Waals surface area contributed by atoms with E-state index in [9.17, 15) is 4.79 Å². The van der Waals surface area contributed by atoms with Gasteiger partial charge >= 0.3 is 0 Å². The van der Waals surface area contributed by atoms with Crippen LogP contribution in [-0.2, 0) is 4.79 Å². The zero-order valence-electron chi connectivity index (χ0n) is 17.3. The molecule has 0 atom stereocenters. The van der Waals surface area contributed by atoms with Crippen LogP contribution in [0.4, 0.5) is 11.4 Å². The van der Waals surface area contributed by atoms with Gasteiger partial charge in [-0.1, -0.05) is 23.7 Å². The van der Waals surface area contributed by atoms with Crippen LogP contribution in [0.1, 0.15) is 25.3 Å². The third-order valence-electron chi connectivity index (χ3n) is 5.35. The Kier molecular flexibility index (Phi) is 7.78. The van der Waals surface area contributed by atoms with E-state index in [1.807, 2.05) is 49.4 Å². The second-order valence-corrected chi connectivity index (χ2v) is 8.01. The summed E-state index contributed by atoms with van der Waals surface area (Å²) in [5, 5.41) is 3.68. The summed E-state index contributed by atoms with van der Waals surface area (Å²) in [4.78, 5) is 16.4. The van der Waals surface area contributed by atoms with Crippen molar-refractivity contribution in [2.45, 2.75) is 26.7 Å². The second-order valence-electron chi connectivity index (χ2n) is 7.57. The van der Waals surface area contributed by atoms with Crippen LogP contribution in [0.15, 0.2) is 42.5 Å².